The van der Waals surface area contributed by atoms with E-state index in [1.165, 1.54) is 6.33 Å². The van der Waals surface area contributed by atoms with Gasteiger partial charge >= 0.3 is 6.18 Å². The van der Waals surface area contributed by atoms with E-state index in [9.17, 15) is 18.0 Å². The summed E-state index contributed by atoms with van der Waals surface area (Å²) >= 11 is 0. The van der Waals surface area contributed by atoms with Crippen LogP contribution in [0.25, 0.3) is 5.82 Å². The fourth-order valence-electron chi connectivity index (χ4n) is 2.76. The van der Waals surface area contributed by atoms with Gasteiger partial charge in [0.25, 0.3) is 5.91 Å². The van der Waals surface area contributed by atoms with E-state index in [4.69, 9.17) is 4.74 Å². The van der Waals surface area contributed by atoms with Crippen molar-refractivity contribution in [3.8, 4) is 17.4 Å². The van der Waals surface area contributed by atoms with E-state index in [0.29, 0.717) is 23.1 Å². The van der Waals surface area contributed by atoms with Crippen molar-refractivity contribution in [2.24, 2.45) is 0 Å². The summed E-state index contributed by atoms with van der Waals surface area (Å²) in [4.78, 5) is 20.5. The summed E-state index contributed by atoms with van der Waals surface area (Å²) in [5.74, 6) is 0.968. The molecule has 0 aliphatic heterocycles. The molecule has 1 amide bonds. The fraction of sp³-hybridized carbons (Fsp3) is 0.0455. The van der Waals surface area contributed by atoms with E-state index in [0.717, 1.165) is 24.3 Å². The van der Waals surface area contributed by atoms with E-state index in [2.05, 4.69) is 15.3 Å². The molecule has 0 bridgehead atoms. The van der Waals surface area contributed by atoms with Gasteiger partial charge in [0.2, 0.25) is 5.88 Å². The zero-order chi connectivity index (χ0) is 21.8. The maximum Gasteiger partial charge on any atom is 0.416 e. The van der Waals surface area contributed by atoms with Gasteiger partial charge in [-0.3, -0.25) is 4.79 Å². The first kappa shape index (κ1) is 20.1. The van der Waals surface area contributed by atoms with Crippen LogP contribution in [0.3, 0.4) is 0 Å². The molecule has 31 heavy (non-hydrogen) atoms. The molecule has 4 rings (SSSR count). The van der Waals surface area contributed by atoms with Gasteiger partial charge in [0.05, 0.1) is 5.56 Å². The van der Waals surface area contributed by atoms with Crippen molar-refractivity contribution in [1.82, 2.24) is 14.5 Å². The number of amides is 1. The van der Waals surface area contributed by atoms with Crippen molar-refractivity contribution in [2.75, 3.05) is 5.32 Å². The molecule has 0 aliphatic rings. The monoisotopic (exact) mass is 424 g/mol. The molecular weight excluding hydrogens is 409 g/mol. The third-order valence-corrected chi connectivity index (χ3v) is 4.31. The number of halogens is 3. The Balaban J connectivity index is 1.40. The first-order chi connectivity index (χ1) is 14.9. The normalized spacial score (nSPS) is 11.2. The van der Waals surface area contributed by atoms with E-state index in [1.54, 1.807) is 30.3 Å². The van der Waals surface area contributed by atoms with E-state index in [-0.39, 0.29) is 5.56 Å². The highest BCUT2D eigenvalue weighted by molar-refractivity contribution is 6.04. The van der Waals surface area contributed by atoms with Crippen molar-refractivity contribution in [1.29, 1.82) is 0 Å². The van der Waals surface area contributed by atoms with E-state index >= 15 is 0 Å². The van der Waals surface area contributed by atoms with Crippen LogP contribution in [-0.2, 0) is 6.18 Å². The number of ether oxygens (including phenoxy) is 1. The number of aromatic nitrogens is 3. The number of nitrogens with zero attached hydrogens (tertiary/aromatic N) is 3. The Morgan fingerprint density at radius 1 is 0.935 bits per heavy atom. The number of carbonyl (C=O) groups excluding carboxylic acids is 1. The predicted molar refractivity (Wildman–Crippen MR) is 107 cm³/mol. The summed E-state index contributed by atoms with van der Waals surface area (Å²) in [5.41, 5.74) is -0.227. The molecule has 0 radical (unpaired) electrons. The minimum Gasteiger partial charge on any atom is -0.439 e. The number of rotatable bonds is 5. The number of benzene rings is 2. The van der Waals surface area contributed by atoms with Gasteiger partial charge in [-0.15, -0.1) is 0 Å². The fourth-order valence-corrected chi connectivity index (χ4v) is 2.76. The van der Waals surface area contributed by atoms with Gasteiger partial charge in [0.1, 0.15) is 17.9 Å². The van der Waals surface area contributed by atoms with Crippen molar-refractivity contribution in [3.05, 3.63) is 96.6 Å². The number of anilines is 1. The molecule has 2 heterocycles. The molecule has 0 atom stereocenters. The first-order valence-electron chi connectivity index (χ1n) is 9.10. The molecule has 2 aromatic carbocycles. The zero-order valence-corrected chi connectivity index (χ0v) is 15.9. The molecule has 0 saturated carbocycles. The Labute approximate surface area is 175 Å². The second-order valence-corrected chi connectivity index (χ2v) is 6.46. The average Bonchev–Trinajstić information content (AvgIpc) is 3.30. The largest absolute Gasteiger partial charge is 0.439 e. The van der Waals surface area contributed by atoms with E-state index in [1.807, 2.05) is 29.1 Å². The highest BCUT2D eigenvalue weighted by Crippen LogP contribution is 2.29. The number of hydrogen-bond donors (Lipinski definition) is 1. The van der Waals surface area contributed by atoms with Gasteiger partial charge < -0.3 is 14.6 Å². The molecular formula is C22H15F3N4O2. The van der Waals surface area contributed by atoms with Crippen LogP contribution in [-0.4, -0.2) is 20.4 Å². The van der Waals surface area contributed by atoms with Crippen LogP contribution in [0.4, 0.5) is 18.9 Å². The maximum absolute atomic E-state index is 12.6. The molecule has 4 aromatic rings. The minimum atomic E-state index is -4.45. The van der Waals surface area contributed by atoms with Gasteiger partial charge in [-0.25, -0.2) is 9.97 Å². The second kappa shape index (κ2) is 8.31. The maximum atomic E-state index is 12.6. The SMILES string of the molecule is O=C(Nc1ccc(Oc2cc(-n3cccc3)ncn2)cc1)c1ccc(C(F)(F)F)cc1. The summed E-state index contributed by atoms with van der Waals surface area (Å²) in [6.07, 6.45) is 0.640. The molecule has 0 aliphatic carbocycles. The molecule has 9 heteroatoms. The summed E-state index contributed by atoms with van der Waals surface area (Å²) in [7, 11) is 0. The Morgan fingerprint density at radius 3 is 2.26 bits per heavy atom. The topological polar surface area (TPSA) is 69.0 Å². The quantitative estimate of drug-likeness (QED) is 0.470. The molecule has 1 N–H and O–H groups in total. The average molecular weight is 424 g/mol. The lowest BCUT2D eigenvalue weighted by Gasteiger charge is -2.10. The molecule has 0 saturated heterocycles. The van der Waals surface area contributed by atoms with Crippen molar-refractivity contribution >= 4 is 11.6 Å². The number of alkyl halides is 3. The first-order valence-corrected chi connectivity index (χ1v) is 9.10. The summed E-state index contributed by atoms with van der Waals surface area (Å²) in [5, 5.41) is 2.63. The Hall–Kier alpha value is -4.14. The molecule has 2 aromatic heterocycles. The highest BCUT2D eigenvalue weighted by Gasteiger charge is 2.30. The third-order valence-electron chi connectivity index (χ3n) is 4.31. The molecule has 0 unspecified atom stereocenters. The number of nitrogens with one attached hydrogen (secondary N) is 1. The minimum absolute atomic E-state index is 0.117. The standard InChI is InChI=1S/C22H15F3N4O2/c23-22(24,25)16-5-3-15(4-6-16)21(30)28-17-7-9-18(10-8-17)31-20-13-19(26-14-27-20)29-11-1-2-12-29/h1-14H,(H,28,30). The lowest BCUT2D eigenvalue weighted by Crippen LogP contribution is -2.12. The predicted octanol–water partition coefficient (Wildman–Crippen LogP) is 5.33. The lowest BCUT2D eigenvalue weighted by molar-refractivity contribution is -0.137. The van der Waals surface area contributed by atoms with Crippen LogP contribution >= 0.6 is 0 Å². The van der Waals surface area contributed by atoms with Crippen molar-refractivity contribution < 1.29 is 22.7 Å². The van der Waals surface area contributed by atoms with Gasteiger partial charge in [-0.2, -0.15) is 13.2 Å². The lowest BCUT2D eigenvalue weighted by atomic mass is 10.1. The smallest absolute Gasteiger partial charge is 0.416 e. The van der Waals surface area contributed by atoms with Gasteiger partial charge in [0.15, 0.2) is 0 Å². The van der Waals surface area contributed by atoms with Crippen LogP contribution in [0.1, 0.15) is 15.9 Å². The van der Waals surface area contributed by atoms with Crippen LogP contribution in [0, 0.1) is 0 Å². The van der Waals surface area contributed by atoms with Gasteiger partial charge in [-0.05, 0) is 60.7 Å². The molecule has 156 valence electrons. The summed E-state index contributed by atoms with van der Waals surface area (Å²) in [6.45, 7) is 0. The van der Waals surface area contributed by atoms with Crippen LogP contribution < -0.4 is 10.1 Å². The molecule has 6 nitrogen and oxygen atoms in total. The summed E-state index contributed by atoms with van der Waals surface area (Å²) in [6, 6.07) is 15.9. The number of carbonyl (C=O) groups is 1. The van der Waals surface area contributed by atoms with E-state index < -0.39 is 17.6 Å². The Kier molecular flexibility index (Phi) is 5.40. The van der Waals surface area contributed by atoms with Crippen LogP contribution in [0.5, 0.6) is 11.6 Å². The van der Waals surface area contributed by atoms with Crippen molar-refractivity contribution in [2.45, 2.75) is 6.18 Å². The number of hydrogen-bond acceptors (Lipinski definition) is 4. The second-order valence-electron chi connectivity index (χ2n) is 6.46. The molecule has 0 fully saturated rings. The van der Waals surface area contributed by atoms with Crippen LogP contribution in [0.2, 0.25) is 0 Å². The Morgan fingerprint density at radius 2 is 1.61 bits per heavy atom. The molecule has 0 spiro atoms. The zero-order valence-electron chi connectivity index (χ0n) is 15.9. The Bertz CT molecular complexity index is 1170. The van der Waals surface area contributed by atoms with Gasteiger partial charge in [-0.1, -0.05) is 0 Å². The third kappa shape index (κ3) is 4.89. The van der Waals surface area contributed by atoms with Crippen molar-refractivity contribution in [3.63, 3.8) is 0 Å². The highest BCUT2D eigenvalue weighted by atomic mass is 19.4. The van der Waals surface area contributed by atoms with Crippen LogP contribution in [0.15, 0.2) is 85.5 Å². The summed E-state index contributed by atoms with van der Waals surface area (Å²) < 4.78 is 45.4. The van der Waals surface area contributed by atoms with Gasteiger partial charge in [0, 0.05) is 29.7 Å².